The lowest BCUT2D eigenvalue weighted by molar-refractivity contribution is 0.484. The fraction of sp³-hybridized carbons (Fsp3) is 0.400. The Labute approximate surface area is 101 Å². The van der Waals surface area contributed by atoms with Crippen molar-refractivity contribution in [3.05, 3.63) is 29.3 Å². The molecule has 17 heavy (non-hydrogen) atoms. The maximum atomic E-state index is 11.8. The van der Waals surface area contributed by atoms with Crippen molar-refractivity contribution >= 4 is 20.0 Å². The Balaban J connectivity index is 3.06. The van der Waals surface area contributed by atoms with E-state index in [0.29, 0.717) is 5.56 Å². The van der Waals surface area contributed by atoms with E-state index in [4.69, 9.17) is 4.55 Å². The lowest BCUT2D eigenvalue weighted by Gasteiger charge is -2.07. The van der Waals surface area contributed by atoms with Gasteiger partial charge in [0.25, 0.3) is 10.1 Å². The molecule has 1 aromatic carbocycles. The molecule has 0 amide bonds. The van der Waals surface area contributed by atoms with E-state index in [-0.39, 0.29) is 4.90 Å². The molecule has 0 heterocycles. The molecule has 0 bridgehead atoms. The van der Waals surface area contributed by atoms with Gasteiger partial charge in [0.1, 0.15) is 0 Å². The first-order valence-electron chi connectivity index (χ1n) is 4.87. The zero-order valence-corrected chi connectivity index (χ0v) is 11.2. The molecule has 0 aromatic heterocycles. The van der Waals surface area contributed by atoms with Gasteiger partial charge in [-0.05, 0) is 25.5 Å². The molecule has 0 spiro atoms. The molecule has 1 N–H and O–H groups in total. The van der Waals surface area contributed by atoms with Crippen LogP contribution in [0.2, 0.25) is 0 Å². The van der Waals surface area contributed by atoms with Crippen molar-refractivity contribution in [2.24, 2.45) is 0 Å². The average molecular weight is 278 g/mol. The molecule has 0 unspecified atom stereocenters. The van der Waals surface area contributed by atoms with Crippen LogP contribution in [0.3, 0.4) is 0 Å². The van der Waals surface area contributed by atoms with Gasteiger partial charge in [0, 0.05) is 0 Å². The normalized spacial score (nSPS) is 12.6. The van der Waals surface area contributed by atoms with E-state index in [1.807, 2.05) is 6.92 Å². The Morgan fingerprint density at radius 3 is 2.12 bits per heavy atom. The van der Waals surface area contributed by atoms with Crippen LogP contribution >= 0.6 is 0 Å². The lowest BCUT2D eigenvalue weighted by Crippen LogP contribution is -2.17. The predicted molar refractivity (Wildman–Crippen MR) is 64.4 cm³/mol. The standard InChI is InChI=1S/C10H14O5S2/c1-8-3-4-10(9(2)7-8)16(11,12)5-6-17(13,14)15/h3-4,7H,5-6H2,1-2H3,(H,13,14,15). The van der Waals surface area contributed by atoms with Crippen molar-refractivity contribution in [2.45, 2.75) is 18.7 Å². The van der Waals surface area contributed by atoms with Crippen molar-refractivity contribution in [1.29, 1.82) is 0 Å². The molecule has 0 radical (unpaired) electrons. The molecule has 0 saturated heterocycles. The van der Waals surface area contributed by atoms with Gasteiger partial charge in [-0.1, -0.05) is 17.7 Å². The highest BCUT2D eigenvalue weighted by Crippen LogP contribution is 2.18. The van der Waals surface area contributed by atoms with E-state index in [9.17, 15) is 16.8 Å². The van der Waals surface area contributed by atoms with Crippen molar-refractivity contribution < 1.29 is 21.4 Å². The molecule has 0 atom stereocenters. The summed E-state index contributed by atoms with van der Waals surface area (Å²) < 4.78 is 53.3. The smallest absolute Gasteiger partial charge is 0.265 e. The fourth-order valence-corrected chi connectivity index (χ4v) is 4.24. The van der Waals surface area contributed by atoms with Crippen LogP contribution in [0.25, 0.3) is 0 Å². The van der Waals surface area contributed by atoms with Crippen molar-refractivity contribution in [3.8, 4) is 0 Å². The number of hydrogen-bond acceptors (Lipinski definition) is 4. The zero-order valence-electron chi connectivity index (χ0n) is 9.54. The van der Waals surface area contributed by atoms with Gasteiger partial charge in [-0.25, -0.2) is 8.42 Å². The summed E-state index contributed by atoms with van der Waals surface area (Å²) in [6.07, 6.45) is 0. The second-order valence-corrected chi connectivity index (χ2v) is 7.52. The Kier molecular flexibility index (Phi) is 3.95. The van der Waals surface area contributed by atoms with Crippen LogP contribution in [0, 0.1) is 13.8 Å². The molecule has 7 heteroatoms. The fourth-order valence-electron chi connectivity index (χ4n) is 1.47. The maximum Gasteiger partial charge on any atom is 0.265 e. The number of aryl methyl sites for hydroxylation is 2. The first-order valence-corrected chi connectivity index (χ1v) is 8.13. The Morgan fingerprint density at radius 2 is 1.65 bits per heavy atom. The summed E-state index contributed by atoms with van der Waals surface area (Å²) in [7, 11) is -7.95. The minimum absolute atomic E-state index is 0.103. The van der Waals surface area contributed by atoms with E-state index in [0.717, 1.165) is 5.56 Å². The van der Waals surface area contributed by atoms with Crippen molar-refractivity contribution in [1.82, 2.24) is 0 Å². The third-order valence-corrected chi connectivity index (χ3v) is 5.12. The summed E-state index contributed by atoms with van der Waals surface area (Å²) >= 11 is 0. The predicted octanol–water partition coefficient (Wildman–Crippen LogP) is 0.965. The first kappa shape index (κ1) is 14.1. The van der Waals surface area contributed by atoms with Gasteiger partial charge in [-0.15, -0.1) is 0 Å². The van der Waals surface area contributed by atoms with Crippen LogP contribution in [0.1, 0.15) is 11.1 Å². The largest absolute Gasteiger partial charge is 0.286 e. The monoisotopic (exact) mass is 278 g/mol. The van der Waals surface area contributed by atoms with Gasteiger partial charge in [-0.2, -0.15) is 8.42 Å². The van der Waals surface area contributed by atoms with Gasteiger partial charge >= 0.3 is 0 Å². The molecular formula is C10H14O5S2. The third-order valence-electron chi connectivity index (χ3n) is 2.28. The van der Waals surface area contributed by atoms with Gasteiger partial charge in [0.2, 0.25) is 0 Å². The minimum atomic E-state index is -4.27. The Hall–Kier alpha value is -0.920. The van der Waals surface area contributed by atoms with Gasteiger partial charge in [-0.3, -0.25) is 4.55 Å². The topological polar surface area (TPSA) is 88.5 Å². The molecule has 0 fully saturated rings. The molecule has 0 saturated carbocycles. The summed E-state index contributed by atoms with van der Waals surface area (Å²) in [6, 6.07) is 4.80. The molecule has 0 aliphatic carbocycles. The second kappa shape index (κ2) is 4.75. The van der Waals surface area contributed by atoms with Crippen molar-refractivity contribution in [2.75, 3.05) is 11.5 Å². The molecule has 0 aliphatic rings. The molecule has 5 nitrogen and oxygen atoms in total. The zero-order chi connectivity index (χ0) is 13.3. The minimum Gasteiger partial charge on any atom is -0.286 e. The van der Waals surface area contributed by atoms with E-state index < -0.39 is 31.5 Å². The van der Waals surface area contributed by atoms with Gasteiger partial charge in [0.05, 0.1) is 16.4 Å². The van der Waals surface area contributed by atoms with E-state index in [2.05, 4.69) is 0 Å². The summed E-state index contributed by atoms with van der Waals surface area (Å²) in [6.45, 7) is 3.48. The summed E-state index contributed by atoms with van der Waals surface area (Å²) in [5.74, 6) is -1.40. The number of hydrogen-bond donors (Lipinski definition) is 1. The lowest BCUT2D eigenvalue weighted by atomic mass is 10.2. The maximum absolute atomic E-state index is 11.8. The number of benzene rings is 1. The molecule has 0 aliphatic heterocycles. The highest BCUT2D eigenvalue weighted by Gasteiger charge is 2.20. The summed E-state index contributed by atoms with van der Waals surface area (Å²) in [5.41, 5.74) is 1.50. The van der Waals surface area contributed by atoms with E-state index in [1.165, 1.54) is 6.07 Å². The van der Waals surface area contributed by atoms with E-state index >= 15 is 0 Å². The van der Waals surface area contributed by atoms with Crippen LogP contribution in [0.4, 0.5) is 0 Å². The van der Waals surface area contributed by atoms with Crippen LogP contribution in [-0.2, 0) is 20.0 Å². The SMILES string of the molecule is Cc1ccc(S(=O)(=O)CCS(=O)(=O)O)c(C)c1. The second-order valence-electron chi connectivity index (χ2n) is 3.87. The van der Waals surface area contributed by atoms with Gasteiger partial charge in [0.15, 0.2) is 9.84 Å². The average Bonchev–Trinajstić information content (AvgIpc) is 2.13. The van der Waals surface area contributed by atoms with Crippen LogP contribution in [0.5, 0.6) is 0 Å². The highest BCUT2D eigenvalue weighted by molar-refractivity contribution is 7.93. The number of sulfone groups is 1. The van der Waals surface area contributed by atoms with Gasteiger partial charge < -0.3 is 0 Å². The van der Waals surface area contributed by atoms with Crippen molar-refractivity contribution in [3.63, 3.8) is 0 Å². The van der Waals surface area contributed by atoms with E-state index in [1.54, 1.807) is 19.1 Å². The summed E-state index contributed by atoms with van der Waals surface area (Å²) in [4.78, 5) is 0.103. The van der Waals surface area contributed by atoms with Crippen LogP contribution in [0.15, 0.2) is 23.1 Å². The summed E-state index contributed by atoms with van der Waals surface area (Å²) in [5, 5.41) is 0. The molecule has 96 valence electrons. The first-order chi connectivity index (χ1) is 7.62. The number of rotatable bonds is 4. The molecular weight excluding hydrogens is 264 g/mol. The molecule has 1 rings (SSSR count). The van der Waals surface area contributed by atoms with Crippen LogP contribution in [-0.4, -0.2) is 32.9 Å². The van der Waals surface area contributed by atoms with Crippen LogP contribution < -0.4 is 0 Å². The molecule has 1 aromatic rings. The third kappa shape index (κ3) is 4.10. The Morgan fingerprint density at radius 1 is 1.06 bits per heavy atom. The Bertz CT molecular complexity index is 614. The quantitative estimate of drug-likeness (QED) is 0.829. The highest BCUT2D eigenvalue weighted by atomic mass is 32.2.